The Morgan fingerprint density at radius 2 is 1.61 bits per heavy atom. The second kappa shape index (κ2) is 9.53. The van der Waals surface area contributed by atoms with E-state index in [0.29, 0.717) is 0 Å². The molecule has 1 amide bonds. The van der Waals surface area contributed by atoms with Gasteiger partial charge in [0, 0.05) is 0 Å². The molecule has 28 heavy (non-hydrogen) atoms. The normalized spacial score (nSPS) is 11.1. The van der Waals surface area contributed by atoms with E-state index in [1.165, 1.54) is 12.1 Å². The largest absolute Gasteiger partial charge is 0.455 e. The Morgan fingerprint density at radius 1 is 1.00 bits per heavy atom. The van der Waals surface area contributed by atoms with Gasteiger partial charge in [-0.25, -0.2) is 12.8 Å². The molecule has 0 aliphatic carbocycles. The van der Waals surface area contributed by atoms with E-state index in [1.807, 2.05) is 4.72 Å². The summed E-state index contributed by atoms with van der Waals surface area (Å²) in [6.45, 7) is -1.41. The summed E-state index contributed by atoms with van der Waals surface area (Å²) in [6, 6.07) is 6.66. The van der Waals surface area contributed by atoms with Crippen LogP contribution in [-0.4, -0.2) is 33.4 Å². The fourth-order valence-electron chi connectivity index (χ4n) is 1.85. The van der Waals surface area contributed by atoms with Gasteiger partial charge in [0.05, 0.1) is 25.7 Å². The van der Waals surface area contributed by atoms with Crippen molar-refractivity contribution in [1.29, 1.82) is 0 Å². The van der Waals surface area contributed by atoms with Crippen molar-refractivity contribution in [3.05, 3.63) is 57.3 Å². The van der Waals surface area contributed by atoms with Gasteiger partial charge in [-0.2, -0.15) is 4.72 Å². The molecule has 0 unspecified atom stereocenters. The number of nitrogens with one attached hydrogen (secondary N) is 2. The monoisotopic (exact) mass is 468 g/mol. The molecule has 0 aliphatic heterocycles. The molecule has 2 aromatic rings. The van der Waals surface area contributed by atoms with E-state index >= 15 is 0 Å². The van der Waals surface area contributed by atoms with Gasteiger partial charge in [-0.15, -0.1) is 0 Å². The van der Waals surface area contributed by atoms with E-state index < -0.39 is 40.9 Å². The van der Waals surface area contributed by atoms with Crippen molar-refractivity contribution in [3.8, 4) is 0 Å². The molecule has 0 fully saturated rings. The summed E-state index contributed by atoms with van der Waals surface area (Å²) in [7, 11) is -4.04. The number of esters is 1. The molecule has 0 saturated carbocycles. The standard InChI is InChI=1S/C16H12Cl3FN2O5S/c17-11-5-13(19)14(6-12(11)18)22-15(23)8-27-16(24)7-21-28(25,26)10-3-1-9(20)2-4-10/h1-6,21H,7-8H2,(H,22,23). The third-order valence-electron chi connectivity index (χ3n) is 3.18. The van der Waals surface area contributed by atoms with Crippen molar-refractivity contribution in [3.63, 3.8) is 0 Å². The Hall–Kier alpha value is -1.91. The molecule has 0 spiro atoms. The molecule has 0 radical (unpaired) electrons. The lowest BCUT2D eigenvalue weighted by atomic mass is 10.3. The van der Waals surface area contributed by atoms with E-state index in [0.717, 1.165) is 24.3 Å². The first-order chi connectivity index (χ1) is 13.1. The van der Waals surface area contributed by atoms with Crippen LogP contribution in [0.2, 0.25) is 15.1 Å². The molecule has 0 atom stereocenters. The van der Waals surface area contributed by atoms with Crippen LogP contribution in [0.5, 0.6) is 0 Å². The molecular formula is C16H12Cl3FN2O5S. The Kier molecular flexibility index (Phi) is 7.62. The molecule has 12 heteroatoms. The Bertz CT molecular complexity index is 1000. The van der Waals surface area contributed by atoms with E-state index in [4.69, 9.17) is 34.8 Å². The number of sulfonamides is 1. The second-order valence-electron chi connectivity index (χ2n) is 5.23. The van der Waals surface area contributed by atoms with Crippen LogP contribution >= 0.6 is 34.8 Å². The van der Waals surface area contributed by atoms with Crippen LogP contribution in [0.1, 0.15) is 0 Å². The van der Waals surface area contributed by atoms with Gasteiger partial charge in [0.2, 0.25) is 10.0 Å². The average molecular weight is 470 g/mol. The fraction of sp³-hybridized carbons (Fsp3) is 0.125. The molecular weight excluding hydrogens is 458 g/mol. The van der Waals surface area contributed by atoms with Crippen LogP contribution in [0.15, 0.2) is 41.3 Å². The van der Waals surface area contributed by atoms with Crippen LogP contribution in [-0.2, 0) is 24.3 Å². The van der Waals surface area contributed by atoms with Crippen molar-refractivity contribution >= 4 is 62.4 Å². The SMILES string of the molecule is O=C(COC(=O)CNS(=O)(=O)c1ccc(F)cc1)Nc1cc(Cl)c(Cl)cc1Cl. The van der Waals surface area contributed by atoms with Gasteiger partial charge >= 0.3 is 5.97 Å². The number of amides is 1. The van der Waals surface area contributed by atoms with Gasteiger partial charge in [-0.1, -0.05) is 34.8 Å². The predicted octanol–water partition coefficient (Wildman–Crippen LogP) is 3.25. The maximum Gasteiger partial charge on any atom is 0.321 e. The topological polar surface area (TPSA) is 102 Å². The van der Waals surface area contributed by atoms with Gasteiger partial charge in [0.15, 0.2) is 6.61 Å². The molecule has 0 aliphatic rings. The zero-order valence-electron chi connectivity index (χ0n) is 13.8. The first-order valence-electron chi connectivity index (χ1n) is 7.44. The minimum Gasteiger partial charge on any atom is -0.455 e. The highest BCUT2D eigenvalue weighted by atomic mass is 35.5. The molecule has 0 saturated heterocycles. The number of ether oxygens (including phenoxy) is 1. The van der Waals surface area contributed by atoms with Gasteiger partial charge in [-0.3, -0.25) is 9.59 Å². The molecule has 150 valence electrons. The van der Waals surface area contributed by atoms with Gasteiger partial charge in [-0.05, 0) is 36.4 Å². The third kappa shape index (κ3) is 6.32. The van der Waals surface area contributed by atoms with Crippen LogP contribution < -0.4 is 10.0 Å². The smallest absolute Gasteiger partial charge is 0.321 e. The summed E-state index contributed by atoms with van der Waals surface area (Å²) >= 11 is 17.5. The first-order valence-corrected chi connectivity index (χ1v) is 10.1. The van der Waals surface area contributed by atoms with Gasteiger partial charge in [0.25, 0.3) is 5.91 Å². The number of carbonyl (C=O) groups excluding carboxylic acids is 2. The predicted molar refractivity (Wildman–Crippen MR) is 103 cm³/mol. The Labute approximate surface area is 174 Å². The summed E-state index contributed by atoms with van der Waals surface area (Å²) < 4.78 is 43.4. The van der Waals surface area contributed by atoms with Gasteiger partial charge in [0.1, 0.15) is 12.4 Å². The number of carbonyl (C=O) groups is 2. The third-order valence-corrected chi connectivity index (χ3v) is 5.63. The van der Waals surface area contributed by atoms with Crippen molar-refractivity contribution in [2.24, 2.45) is 0 Å². The fourth-order valence-corrected chi connectivity index (χ4v) is 3.42. The van der Waals surface area contributed by atoms with Crippen molar-refractivity contribution in [1.82, 2.24) is 4.72 Å². The summed E-state index contributed by atoms with van der Waals surface area (Å²) in [5.74, 6) is -2.33. The van der Waals surface area contributed by atoms with Crippen molar-refractivity contribution < 1.29 is 27.1 Å². The highest BCUT2D eigenvalue weighted by Gasteiger charge is 2.17. The summed E-state index contributed by atoms with van der Waals surface area (Å²) in [4.78, 5) is 23.2. The molecule has 2 rings (SSSR count). The number of halogens is 4. The van der Waals surface area contributed by atoms with E-state index in [2.05, 4.69) is 10.1 Å². The number of benzene rings is 2. The molecule has 2 aromatic carbocycles. The number of rotatable bonds is 7. The van der Waals surface area contributed by atoms with Gasteiger partial charge < -0.3 is 10.1 Å². The minimum absolute atomic E-state index is 0.126. The highest BCUT2D eigenvalue weighted by Crippen LogP contribution is 2.32. The zero-order chi connectivity index (χ0) is 20.9. The summed E-state index contributed by atoms with van der Waals surface area (Å²) in [5.41, 5.74) is 0.161. The quantitative estimate of drug-likeness (QED) is 0.479. The molecule has 0 bridgehead atoms. The van der Waals surface area contributed by atoms with Crippen LogP contribution in [0.4, 0.5) is 10.1 Å². The number of hydrogen-bond acceptors (Lipinski definition) is 5. The molecule has 0 heterocycles. The number of hydrogen-bond donors (Lipinski definition) is 2. The second-order valence-corrected chi connectivity index (χ2v) is 8.22. The molecule has 0 aromatic heterocycles. The van der Waals surface area contributed by atoms with Crippen LogP contribution in [0.25, 0.3) is 0 Å². The Morgan fingerprint density at radius 3 is 2.25 bits per heavy atom. The highest BCUT2D eigenvalue weighted by molar-refractivity contribution is 7.89. The lowest BCUT2D eigenvalue weighted by Crippen LogP contribution is -2.32. The van der Waals surface area contributed by atoms with Crippen LogP contribution in [0, 0.1) is 5.82 Å². The van der Waals surface area contributed by atoms with Crippen LogP contribution in [0.3, 0.4) is 0 Å². The van der Waals surface area contributed by atoms with Crippen molar-refractivity contribution in [2.75, 3.05) is 18.5 Å². The van der Waals surface area contributed by atoms with E-state index in [1.54, 1.807) is 0 Å². The maximum atomic E-state index is 12.8. The summed E-state index contributed by atoms with van der Waals surface area (Å²) in [6.07, 6.45) is 0. The lowest BCUT2D eigenvalue weighted by molar-refractivity contribution is -0.146. The summed E-state index contributed by atoms with van der Waals surface area (Å²) in [5, 5.41) is 2.86. The minimum atomic E-state index is -4.04. The van der Waals surface area contributed by atoms with E-state index in [9.17, 15) is 22.4 Å². The molecule has 7 nitrogen and oxygen atoms in total. The lowest BCUT2D eigenvalue weighted by Gasteiger charge is -2.10. The van der Waals surface area contributed by atoms with E-state index in [-0.39, 0.29) is 25.7 Å². The number of anilines is 1. The first kappa shape index (κ1) is 22.4. The molecule has 2 N–H and O–H groups in total. The maximum absolute atomic E-state index is 12.8. The Balaban J connectivity index is 1.84. The zero-order valence-corrected chi connectivity index (χ0v) is 16.9. The average Bonchev–Trinajstić information content (AvgIpc) is 2.63. The van der Waals surface area contributed by atoms with Crippen molar-refractivity contribution in [2.45, 2.75) is 4.90 Å².